The van der Waals surface area contributed by atoms with E-state index in [0.29, 0.717) is 22.3 Å². The number of esters is 1. The van der Waals surface area contributed by atoms with E-state index in [1.807, 2.05) is 0 Å². The van der Waals surface area contributed by atoms with Crippen molar-refractivity contribution in [1.29, 1.82) is 0 Å². The number of anilines is 1. The Morgan fingerprint density at radius 1 is 0.933 bits per heavy atom. The Morgan fingerprint density at radius 3 is 2.36 bits per heavy atom. The molecule has 0 spiro atoms. The van der Waals surface area contributed by atoms with Gasteiger partial charge in [-0.05, 0) is 55.5 Å². The number of benzene rings is 2. The highest BCUT2D eigenvalue weighted by Crippen LogP contribution is 2.38. The third kappa shape index (κ3) is 5.66. The first-order valence-electron chi connectivity index (χ1n) is 13.8. The molecule has 0 radical (unpaired) electrons. The molecule has 0 aliphatic carbocycles. The van der Waals surface area contributed by atoms with E-state index in [1.54, 1.807) is 66.5 Å². The van der Waals surface area contributed by atoms with Crippen molar-refractivity contribution in [2.75, 3.05) is 18.1 Å². The molecule has 2 aromatic carbocycles. The van der Waals surface area contributed by atoms with Crippen molar-refractivity contribution in [3.05, 3.63) is 102 Å². The summed E-state index contributed by atoms with van der Waals surface area (Å²) in [5.74, 6) is -2.49. The number of carboxylic acid groups (broad SMARTS) is 1. The summed E-state index contributed by atoms with van der Waals surface area (Å²) in [7, 11) is 0. The normalized spacial score (nSPS) is 13.1. The number of amides is 2. The van der Waals surface area contributed by atoms with E-state index >= 15 is 0 Å². The minimum atomic E-state index is -1.13. The van der Waals surface area contributed by atoms with Crippen molar-refractivity contribution < 1.29 is 38.5 Å². The van der Waals surface area contributed by atoms with E-state index in [4.69, 9.17) is 14.2 Å². The van der Waals surface area contributed by atoms with Crippen LogP contribution >= 0.6 is 0 Å². The Labute approximate surface area is 255 Å². The van der Waals surface area contributed by atoms with Gasteiger partial charge in [0.15, 0.2) is 11.6 Å². The number of pyridine rings is 2. The molecule has 3 aromatic heterocycles. The maximum atomic E-state index is 13.5. The SMILES string of the molecule is CC(=O)OCCOc1ccc(-n2cccn2)c([C@H](C)Oc2cc3cc(C(=O)O)ccc3nc2N2C(=O)c3ccccc3C2=O)n1. The summed E-state index contributed by atoms with van der Waals surface area (Å²) in [5, 5.41) is 14.3. The van der Waals surface area contributed by atoms with Crippen LogP contribution < -0.4 is 14.4 Å². The van der Waals surface area contributed by atoms with Crippen molar-refractivity contribution in [3.63, 3.8) is 0 Å². The van der Waals surface area contributed by atoms with Crippen molar-refractivity contribution in [2.24, 2.45) is 0 Å². The van der Waals surface area contributed by atoms with Crippen LogP contribution in [0.25, 0.3) is 16.6 Å². The number of imide groups is 1. The molecule has 0 fully saturated rings. The summed E-state index contributed by atoms with van der Waals surface area (Å²) in [6.45, 7) is 3.10. The second-order valence-corrected chi connectivity index (χ2v) is 9.97. The minimum absolute atomic E-state index is 0.0259. The fourth-order valence-corrected chi connectivity index (χ4v) is 4.92. The van der Waals surface area contributed by atoms with Crippen LogP contribution in [-0.2, 0) is 9.53 Å². The predicted molar refractivity (Wildman–Crippen MR) is 159 cm³/mol. The van der Waals surface area contributed by atoms with E-state index in [2.05, 4.69) is 15.1 Å². The zero-order chi connectivity index (χ0) is 31.7. The number of carbonyl (C=O) groups excluding carboxylic acids is 3. The first kappa shape index (κ1) is 29.0. The number of hydrogen-bond acceptors (Lipinski definition) is 10. The number of nitrogens with zero attached hydrogens (tertiary/aromatic N) is 5. The second-order valence-electron chi connectivity index (χ2n) is 9.97. The minimum Gasteiger partial charge on any atom is -0.480 e. The summed E-state index contributed by atoms with van der Waals surface area (Å²) >= 11 is 0. The summed E-state index contributed by atoms with van der Waals surface area (Å²) in [4.78, 5) is 59.9. The number of carbonyl (C=O) groups is 4. The maximum absolute atomic E-state index is 13.5. The van der Waals surface area contributed by atoms with Crippen molar-refractivity contribution in [3.8, 4) is 17.3 Å². The van der Waals surface area contributed by atoms with E-state index in [1.165, 1.54) is 31.2 Å². The van der Waals surface area contributed by atoms with Crippen molar-refractivity contribution in [2.45, 2.75) is 20.0 Å². The number of ether oxygens (including phenoxy) is 3. The van der Waals surface area contributed by atoms with Gasteiger partial charge in [0.1, 0.15) is 25.0 Å². The molecule has 226 valence electrons. The third-order valence-corrected chi connectivity index (χ3v) is 6.97. The summed E-state index contributed by atoms with van der Waals surface area (Å²) in [6.07, 6.45) is 2.49. The fourth-order valence-electron chi connectivity index (χ4n) is 4.92. The Bertz CT molecular complexity index is 1940. The number of hydrogen-bond donors (Lipinski definition) is 1. The zero-order valence-corrected chi connectivity index (χ0v) is 24.0. The highest BCUT2D eigenvalue weighted by Gasteiger charge is 2.39. The van der Waals surface area contributed by atoms with Crippen LogP contribution in [0.1, 0.15) is 56.7 Å². The van der Waals surface area contributed by atoms with Gasteiger partial charge in [-0.25, -0.2) is 24.3 Å². The molecule has 45 heavy (non-hydrogen) atoms. The van der Waals surface area contributed by atoms with E-state index in [0.717, 1.165) is 4.90 Å². The van der Waals surface area contributed by atoms with Gasteiger partial charge in [-0.15, -0.1) is 0 Å². The molecule has 0 saturated heterocycles. The van der Waals surface area contributed by atoms with Crippen molar-refractivity contribution >= 4 is 40.5 Å². The lowest BCUT2D eigenvalue weighted by molar-refractivity contribution is -0.141. The largest absolute Gasteiger partial charge is 0.480 e. The molecule has 13 heteroatoms. The van der Waals surface area contributed by atoms with E-state index in [-0.39, 0.29) is 47.4 Å². The standard InChI is InChI=1S/C32H25N5O8/c1-18(28-25(36-13-5-12-33-36)10-11-27(35-28)44-15-14-43-19(2)38)45-26-17-21-16-20(32(41)42)8-9-24(21)34-29(26)37-30(39)22-6-3-4-7-23(22)31(37)40/h3-13,16-18H,14-15H2,1-2H3,(H,41,42)/t18-/m0/s1. The Morgan fingerprint density at radius 2 is 1.69 bits per heavy atom. The number of carboxylic acids is 1. The lowest BCUT2D eigenvalue weighted by Gasteiger charge is -2.22. The molecule has 1 aliphatic rings. The third-order valence-electron chi connectivity index (χ3n) is 6.97. The van der Waals surface area contributed by atoms with Gasteiger partial charge in [-0.1, -0.05) is 12.1 Å². The van der Waals surface area contributed by atoms with Gasteiger partial charge in [0.05, 0.1) is 27.9 Å². The average Bonchev–Trinajstić information content (AvgIpc) is 3.65. The van der Waals surface area contributed by atoms with Crippen LogP contribution in [0.3, 0.4) is 0 Å². The van der Waals surface area contributed by atoms with Gasteiger partial charge < -0.3 is 19.3 Å². The molecular weight excluding hydrogens is 582 g/mol. The Hall–Kier alpha value is -6.11. The zero-order valence-electron chi connectivity index (χ0n) is 24.0. The van der Waals surface area contributed by atoms with Gasteiger partial charge >= 0.3 is 11.9 Å². The van der Waals surface area contributed by atoms with E-state index < -0.39 is 29.9 Å². The molecule has 0 saturated carbocycles. The number of aromatic nitrogens is 4. The first-order valence-corrected chi connectivity index (χ1v) is 13.8. The Kier molecular flexibility index (Phi) is 7.65. The molecule has 2 amide bonds. The molecule has 1 N–H and O–H groups in total. The predicted octanol–water partition coefficient (Wildman–Crippen LogP) is 4.40. The lowest BCUT2D eigenvalue weighted by Crippen LogP contribution is -2.31. The van der Waals surface area contributed by atoms with Gasteiger partial charge in [-0.2, -0.15) is 5.10 Å². The lowest BCUT2D eigenvalue weighted by atomic mass is 10.1. The molecule has 1 aliphatic heterocycles. The van der Waals surface area contributed by atoms with Crippen molar-refractivity contribution in [1.82, 2.24) is 19.7 Å². The molecule has 0 unspecified atom stereocenters. The molecule has 1 atom stereocenters. The maximum Gasteiger partial charge on any atom is 0.335 e. The smallest absolute Gasteiger partial charge is 0.335 e. The monoisotopic (exact) mass is 607 g/mol. The topological polar surface area (TPSA) is 163 Å². The molecular formula is C32H25N5O8. The van der Waals surface area contributed by atoms with Crippen LogP contribution in [0.15, 0.2) is 79.1 Å². The number of aromatic carboxylic acids is 1. The second kappa shape index (κ2) is 11.9. The molecule has 5 aromatic rings. The van der Waals surface area contributed by atoms with Crippen LogP contribution in [0.5, 0.6) is 11.6 Å². The quantitative estimate of drug-likeness (QED) is 0.136. The van der Waals surface area contributed by atoms with Crippen LogP contribution in [0, 0.1) is 0 Å². The van der Waals surface area contributed by atoms with Crippen LogP contribution in [-0.4, -0.2) is 61.8 Å². The summed E-state index contributed by atoms with van der Waals surface area (Å²) in [5.41, 5.74) is 1.78. The van der Waals surface area contributed by atoms with Crippen LogP contribution in [0.4, 0.5) is 5.82 Å². The Balaban J connectivity index is 1.42. The highest BCUT2D eigenvalue weighted by atomic mass is 16.6. The van der Waals surface area contributed by atoms with Gasteiger partial charge in [0, 0.05) is 30.8 Å². The molecule has 0 bridgehead atoms. The molecule has 4 heterocycles. The van der Waals surface area contributed by atoms with Gasteiger partial charge in [0.25, 0.3) is 11.8 Å². The highest BCUT2D eigenvalue weighted by molar-refractivity contribution is 6.34. The fraction of sp³-hybridized carbons (Fsp3) is 0.156. The van der Waals surface area contributed by atoms with E-state index in [9.17, 15) is 24.3 Å². The number of fused-ring (bicyclic) bond motifs is 2. The molecule has 6 rings (SSSR count). The van der Waals surface area contributed by atoms with Crippen LogP contribution in [0.2, 0.25) is 0 Å². The summed E-state index contributed by atoms with van der Waals surface area (Å²) in [6, 6.07) is 17.4. The molecule has 13 nitrogen and oxygen atoms in total. The average molecular weight is 608 g/mol. The first-order chi connectivity index (χ1) is 21.7. The van der Waals surface area contributed by atoms with Gasteiger partial charge in [0.2, 0.25) is 5.88 Å². The number of rotatable bonds is 10. The summed E-state index contributed by atoms with van der Waals surface area (Å²) < 4.78 is 18.6. The van der Waals surface area contributed by atoms with Gasteiger partial charge in [-0.3, -0.25) is 14.4 Å².